The number of carbonyl (C=O) groups is 2. The fourth-order valence-electron chi connectivity index (χ4n) is 4.32. The molecule has 1 aromatic heterocycles. The molecule has 1 aliphatic rings. The smallest absolute Gasteiger partial charge is 0.230 e. The zero-order valence-electron chi connectivity index (χ0n) is 18.0. The van der Waals surface area contributed by atoms with Gasteiger partial charge in [-0.2, -0.15) is 0 Å². The van der Waals surface area contributed by atoms with Gasteiger partial charge in [0.25, 0.3) is 0 Å². The largest absolute Gasteiger partial charge is 0.384 e. The molecule has 0 saturated carbocycles. The number of hydrogen-bond acceptors (Lipinski definition) is 5. The number of benzene rings is 1. The average molecular weight is 411 g/mol. The van der Waals surface area contributed by atoms with E-state index < -0.39 is 5.41 Å². The van der Waals surface area contributed by atoms with Crippen molar-refractivity contribution >= 4 is 11.8 Å². The number of piperidine rings is 1. The van der Waals surface area contributed by atoms with E-state index in [4.69, 9.17) is 4.74 Å². The number of aromatic nitrogens is 2. The lowest BCUT2D eigenvalue weighted by molar-refractivity contribution is -0.147. The Hall–Kier alpha value is -2.80. The van der Waals surface area contributed by atoms with Crippen LogP contribution in [0, 0.1) is 5.41 Å². The first-order valence-electron chi connectivity index (χ1n) is 10.3. The van der Waals surface area contributed by atoms with Crippen LogP contribution in [-0.4, -0.2) is 72.5 Å². The zero-order valence-corrected chi connectivity index (χ0v) is 18.0. The van der Waals surface area contributed by atoms with Crippen molar-refractivity contribution < 1.29 is 14.3 Å². The predicted molar refractivity (Wildman–Crippen MR) is 115 cm³/mol. The summed E-state index contributed by atoms with van der Waals surface area (Å²) in [6, 6.07) is 8.05. The standard InChI is InChI=1S/C23H30N4O3/c1-26(2)22(29)23(10-6-11-27(16-23)21(28)9-12-30-3)13-18-7-4-5-8-20(18)19-14-24-17-25-15-19/h4-5,7-8,14-15,17H,6,9-13,16H2,1-3H3. The predicted octanol–water partition coefficient (Wildman–Crippen LogP) is 2.42. The minimum absolute atomic E-state index is 0.0391. The van der Waals surface area contributed by atoms with Gasteiger partial charge >= 0.3 is 0 Å². The summed E-state index contributed by atoms with van der Waals surface area (Å²) in [4.78, 5) is 37.8. The number of hydrogen-bond donors (Lipinski definition) is 0. The van der Waals surface area contributed by atoms with Gasteiger partial charge in [0.15, 0.2) is 0 Å². The fourth-order valence-corrected chi connectivity index (χ4v) is 4.32. The number of ether oxygens (including phenoxy) is 1. The van der Waals surface area contributed by atoms with Crippen molar-refractivity contribution in [2.45, 2.75) is 25.7 Å². The van der Waals surface area contributed by atoms with E-state index in [0.29, 0.717) is 32.5 Å². The van der Waals surface area contributed by atoms with E-state index in [1.807, 2.05) is 23.1 Å². The Morgan fingerprint density at radius 1 is 1.20 bits per heavy atom. The Morgan fingerprint density at radius 3 is 2.63 bits per heavy atom. The summed E-state index contributed by atoms with van der Waals surface area (Å²) < 4.78 is 5.07. The van der Waals surface area contributed by atoms with Crippen LogP contribution in [0.1, 0.15) is 24.8 Å². The minimum Gasteiger partial charge on any atom is -0.384 e. The molecule has 1 atom stereocenters. The molecule has 1 fully saturated rings. The zero-order chi connectivity index (χ0) is 21.6. The summed E-state index contributed by atoms with van der Waals surface area (Å²) in [5.74, 6) is 0.100. The van der Waals surface area contributed by atoms with Gasteiger partial charge in [-0.05, 0) is 30.4 Å². The van der Waals surface area contributed by atoms with Crippen LogP contribution < -0.4 is 0 Å². The quantitative estimate of drug-likeness (QED) is 0.701. The molecular weight excluding hydrogens is 380 g/mol. The Kier molecular flexibility index (Phi) is 7.15. The highest BCUT2D eigenvalue weighted by molar-refractivity contribution is 5.85. The van der Waals surface area contributed by atoms with E-state index in [9.17, 15) is 9.59 Å². The molecular formula is C23H30N4O3. The topological polar surface area (TPSA) is 75.6 Å². The molecule has 0 N–H and O–H groups in total. The molecule has 2 aromatic rings. The van der Waals surface area contributed by atoms with Crippen LogP contribution in [0.25, 0.3) is 11.1 Å². The van der Waals surface area contributed by atoms with Crippen molar-refractivity contribution in [2.24, 2.45) is 5.41 Å². The molecule has 1 aliphatic heterocycles. The van der Waals surface area contributed by atoms with Gasteiger partial charge < -0.3 is 14.5 Å². The molecule has 160 valence electrons. The monoisotopic (exact) mass is 410 g/mol. The van der Waals surface area contributed by atoms with Gasteiger partial charge in [0, 0.05) is 52.3 Å². The lowest BCUT2D eigenvalue weighted by Gasteiger charge is -2.43. The first-order valence-corrected chi connectivity index (χ1v) is 10.3. The molecule has 30 heavy (non-hydrogen) atoms. The van der Waals surface area contributed by atoms with Crippen molar-refractivity contribution in [1.82, 2.24) is 19.8 Å². The summed E-state index contributed by atoms with van der Waals surface area (Å²) in [5.41, 5.74) is 2.35. The molecule has 2 heterocycles. The third-order valence-corrected chi connectivity index (χ3v) is 5.73. The molecule has 1 unspecified atom stereocenters. The molecule has 7 heteroatoms. The molecule has 2 amide bonds. The van der Waals surface area contributed by atoms with Crippen molar-refractivity contribution in [3.8, 4) is 11.1 Å². The van der Waals surface area contributed by atoms with Crippen LogP contribution in [0.2, 0.25) is 0 Å². The Bertz CT molecular complexity index is 872. The summed E-state index contributed by atoms with van der Waals surface area (Å²) in [6.45, 7) is 1.49. The molecule has 1 saturated heterocycles. The van der Waals surface area contributed by atoms with Gasteiger partial charge in [0.1, 0.15) is 6.33 Å². The first-order chi connectivity index (χ1) is 14.5. The third kappa shape index (κ3) is 4.84. The van der Waals surface area contributed by atoms with E-state index >= 15 is 0 Å². The van der Waals surface area contributed by atoms with E-state index in [1.165, 1.54) is 6.33 Å². The molecule has 0 bridgehead atoms. The SMILES string of the molecule is COCCC(=O)N1CCCC(Cc2ccccc2-c2cncnc2)(C(=O)N(C)C)C1. The van der Waals surface area contributed by atoms with E-state index in [2.05, 4.69) is 16.0 Å². The molecule has 0 radical (unpaired) electrons. The number of rotatable bonds is 7. The van der Waals surface area contributed by atoms with Crippen molar-refractivity contribution in [3.05, 3.63) is 48.5 Å². The first kappa shape index (κ1) is 21.9. The van der Waals surface area contributed by atoms with Crippen molar-refractivity contribution in [2.75, 3.05) is 40.9 Å². The average Bonchev–Trinajstić information content (AvgIpc) is 2.78. The maximum absolute atomic E-state index is 13.4. The maximum Gasteiger partial charge on any atom is 0.230 e. The van der Waals surface area contributed by atoms with Crippen LogP contribution in [0.5, 0.6) is 0 Å². The number of carbonyl (C=O) groups excluding carboxylic acids is 2. The van der Waals surface area contributed by atoms with Gasteiger partial charge in [0.2, 0.25) is 11.8 Å². The van der Waals surface area contributed by atoms with Gasteiger partial charge in [0.05, 0.1) is 18.4 Å². The van der Waals surface area contributed by atoms with Crippen LogP contribution in [0.4, 0.5) is 0 Å². The lowest BCUT2D eigenvalue weighted by atomic mass is 9.73. The molecule has 1 aromatic carbocycles. The second kappa shape index (κ2) is 9.80. The van der Waals surface area contributed by atoms with Gasteiger partial charge in [-0.3, -0.25) is 9.59 Å². The maximum atomic E-state index is 13.4. The molecule has 3 rings (SSSR count). The number of nitrogens with zero attached hydrogens (tertiary/aromatic N) is 4. The van der Waals surface area contributed by atoms with E-state index in [0.717, 1.165) is 29.5 Å². The number of amides is 2. The summed E-state index contributed by atoms with van der Waals surface area (Å²) in [7, 11) is 5.16. The van der Waals surface area contributed by atoms with Crippen LogP contribution in [-0.2, 0) is 20.7 Å². The van der Waals surface area contributed by atoms with Crippen LogP contribution in [0.15, 0.2) is 43.0 Å². The van der Waals surface area contributed by atoms with Gasteiger partial charge in [-0.25, -0.2) is 9.97 Å². The molecule has 7 nitrogen and oxygen atoms in total. The molecule has 0 aliphatic carbocycles. The Balaban J connectivity index is 1.94. The van der Waals surface area contributed by atoms with Crippen molar-refractivity contribution in [3.63, 3.8) is 0 Å². The highest BCUT2D eigenvalue weighted by Crippen LogP contribution is 2.38. The second-order valence-corrected chi connectivity index (χ2v) is 8.10. The minimum atomic E-state index is -0.657. The lowest BCUT2D eigenvalue weighted by Crippen LogP contribution is -2.54. The molecule has 0 spiro atoms. The van der Waals surface area contributed by atoms with E-state index in [-0.39, 0.29) is 11.8 Å². The van der Waals surface area contributed by atoms with Crippen molar-refractivity contribution in [1.29, 1.82) is 0 Å². The highest BCUT2D eigenvalue weighted by atomic mass is 16.5. The fraction of sp³-hybridized carbons (Fsp3) is 0.478. The normalized spacial score (nSPS) is 18.8. The highest BCUT2D eigenvalue weighted by Gasteiger charge is 2.44. The third-order valence-electron chi connectivity index (χ3n) is 5.73. The number of methoxy groups -OCH3 is 1. The number of likely N-dealkylation sites (tertiary alicyclic amines) is 1. The summed E-state index contributed by atoms with van der Waals surface area (Å²) >= 11 is 0. The second-order valence-electron chi connectivity index (χ2n) is 8.10. The Morgan fingerprint density at radius 2 is 1.93 bits per heavy atom. The van der Waals surface area contributed by atoms with Gasteiger partial charge in [-0.1, -0.05) is 24.3 Å². The van der Waals surface area contributed by atoms with Crippen LogP contribution >= 0.6 is 0 Å². The summed E-state index contributed by atoms with van der Waals surface area (Å²) in [5, 5.41) is 0. The van der Waals surface area contributed by atoms with Crippen LogP contribution in [0.3, 0.4) is 0 Å². The Labute approximate surface area is 178 Å². The van der Waals surface area contributed by atoms with Gasteiger partial charge in [-0.15, -0.1) is 0 Å². The summed E-state index contributed by atoms with van der Waals surface area (Å²) in [6.07, 6.45) is 7.52. The van der Waals surface area contributed by atoms with E-state index in [1.54, 1.807) is 38.5 Å².